The van der Waals surface area contributed by atoms with Crippen LogP contribution in [0.15, 0.2) is 231 Å². The number of fused-ring (bicyclic) bond motifs is 3. The molecular weight excluding hydrogens is 1240 g/mol. The Morgan fingerprint density at radius 3 is 1.16 bits per heavy atom. The highest BCUT2D eigenvalue weighted by molar-refractivity contribution is 6.00. The second kappa shape index (κ2) is 31.6. The van der Waals surface area contributed by atoms with Gasteiger partial charge in [-0.15, -0.1) is 0 Å². The topological polar surface area (TPSA) is 277 Å². The van der Waals surface area contributed by atoms with E-state index in [2.05, 4.69) is 37.2 Å². The molecule has 8 aromatic carbocycles. The molecule has 19 nitrogen and oxygen atoms in total. The van der Waals surface area contributed by atoms with Crippen molar-refractivity contribution in [2.45, 2.75) is 126 Å². The van der Waals surface area contributed by atoms with Gasteiger partial charge >= 0.3 is 18.0 Å². The number of carboxylic acids is 1. The van der Waals surface area contributed by atoms with Crippen LogP contribution in [0.2, 0.25) is 0 Å². The number of ether oxygens (including phenoxy) is 2. The van der Waals surface area contributed by atoms with Gasteiger partial charge in [-0.1, -0.05) is 251 Å². The lowest BCUT2D eigenvalue weighted by molar-refractivity contribution is -0.157. The van der Waals surface area contributed by atoms with E-state index in [0.29, 0.717) is 33.4 Å². The maximum atomic E-state index is 15.2. The van der Waals surface area contributed by atoms with Crippen LogP contribution in [0.25, 0.3) is 11.1 Å². The van der Waals surface area contributed by atoms with Crippen molar-refractivity contribution >= 4 is 53.5 Å². The SMILES string of the molecule is CC[C@H](C)[C@H](NC(=O)C(C)(C)NC(=O)[C@H](CC(=O)OC(C)(C)C)NC(=O)[C@H](CC(=O)NC(c1ccccc1)(c1ccccc1)c1ccccc1)NC(=O)OCC1c2ccccc2-c2ccccc21)C(=O)N[C@@H](CC(=O)NC(c1ccccc1)(c1ccccc1)c1ccccc1)C(=O)O. The summed E-state index contributed by atoms with van der Waals surface area (Å²) in [6.07, 6.45) is -3.09. The van der Waals surface area contributed by atoms with Crippen LogP contribution in [0.3, 0.4) is 0 Å². The van der Waals surface area contributed by atoms with Crippen LogP contribution in [-0.2, 0) is 58.9 Å². The van der Waals surface area contributed by atoms with Gasteiger partial charge in [-0.2, -0.15) is 0 Å². The monoisotopic (exact) mass is 1320 g/mol. The van der Waals surface area contributed by atoms with Gasteiger partial charge in [0, 0.05) is 5.92 Å². The molecule has 7 amide bonds. The Labute approximate surface area is 570 Å². The van der Waals surface area contributed by atoms with E-state index in [0.717, 1.165) is 22.3 Å². The number of esters is 1. The van der Waals surface area contributed by atoms with Gasteiger partial charge in [-0.3, -0.25) is 33.6 Å². The number of alkyl carbamates (subject to hydrolysis) is 1. The highest BCUT2D eigenvalue weighted by atomic mass is 16.6. The fourth-order valence-electron chi connectivity index (χ4n) is 12.4. The average molecular weight is 1320 g/mol. The highest BCUT2D eigenvalue weighted by Gasteiger charge is 2.44. The maximum absolute atomic E-state index is 15.2. The summed E-state index contributed by atoms with van der Waals surface area (Å²) >= 11 is 0. The van der Waals surface area contributed by atoms with E-state index >= 15 is 9.59 Å². The standard InChI is InChI=1S/C79H83N7O12/c1-8-51(2)69(72(92)81-65(73(93)94)48-67(88)85-79(55-37-21-12-22-38-55,56-39-23-13-24-40-56)57-41-25-14-26-42-57)83-74(95)77(6,7)86-71(91)64(49-68(89)98-76(3,4)5)80-70(90)63(82-75(96)97-50-62-60-45-29-27-43-58(60)59-44-28-30-46-61(59)62)47-66(87)84-78(52-31-15-9-16-32-52,53-33-17-10-18-34-53)54-35-19-11-20-36-54/h9-46,51,62-65,69H,8,47-50H2,1-7H3,(H,80,90)(H,81,92)(H,82,96)(H,83,95)(H,84,87)(H,85,88)(H,86,91)(H,93,94)/t51-,63-,64-,65-,69-/m0/s1. The number of hydrogen-bond donors (Lipinski definition) is 8. The molecule has 0 saturated heterocycles. The quantitative estimate of drug-likeness (QED) is 0.0168. The Bertz CT molecular complexity index is 3880. The van der Waals surface area contributed by atoms with Crippen LogP contribution in [0, 0.1) is 5.92 Å². The Kier molecular flexibility index (Phi) is 22.9. The molecule has 19 heteroatoms. The van der Waals surface area contributed by atoms with Crippen LogP contribution in [-0.4, -0.2) is 100 Å². The molecular formula is C79H83N7O12. The van der Waals surface area contributed by atoms with Crippen LogP contribution in [0.5, 0.6) is 0 Å². The van der Waals surface area contributed by atoms with Gasteiger partial charge in [0.1, 0.15) is 53.0 Å². The number of aliphatic carboxylic acids is 1. The number of carbonyl (C=O) groups is 9. The molecule has 506 valence electrons. The van der Waals surface area contributed by atoms with Crippen molar-refractivity contribution in [2.24, 2.45) is 5.92 Å². The third-order valence-corrected chi connectivity index (χ3v) is 17.4. The van der Waals surface area contributed by atoms with Gasteiger partial charge in [-0.05, 0) is 96.2 Å². The summed E-state index contributed by atoms with van der Waals surface area (Å²) in [5.41, 5.74) is 2.05. The minimum Gasteiger partial charge on any atom is -0.480 e. The minimum absolute atomic E-state index is 0.169. The van der Waals surface area contributed by atoms with Crippen molar-refractivity contribution in [1.82, 2.24) is 37.2 Å². The highest BCUT2D eigenvalue weighted by Crippen LogP contribution is 2.45. The average Bonchev–Trinajstić information content (AvgIpc) is 0.947. The zero-order valence-corrected chi connectivity index (χ0v) is 55.9. The van der Waals surface area contributed by atoms with Gasteiger partial charge in [0.2, 0.25) is 35.4 Å². The first-order valence-corrected chi connectivity index (χ1v) is 32.7. The lowest BCUT2D eigenvalue weighted by Gasteiger charge is -2.37. The molecule has 98 heavy (non-hydrogen) atoms. The van der Waals surface area contributed by atoms with E-state index in [4.69, 9.17) is 9.47 Å². The first-order chi connectivity index (χ1) is 46.9. The Morgan fingerprint density at radius 2 is 0.786 bits per heavy atom. The summed E-state index contributed by atoms with van der Waals surface area (Å²) in [4.78, 5) is 130. The van der Waals surface area contributed by atoms with Crippen LogP contribution < -0.4 is 37.2 Å². The molecule has 1 aliphatic rings. The van der Waals surface area contributed by atoms with E-state index in [-0.39, 0.29) is 13.0 Å². The molecule has 0 bridgehead atoms. The molecule has 0 saturated carbocycles. The predicted octanol–water partition coefficient (Wildman–Crippen LogP) is 10.1. The van der Waals surface area contributed by atoms with Crippen molar-refractivity contribution in [3.05, 3.63) is 275 Å². The molecule has 5 atom stereocenters. The molecule has 9 rings (SSSR count). The van der Waals surface area contributed by atoms with Crippen molar-refractivity contribution in [3.8, 4) is 11.1 Å². The van der Waals surface area contributed by atoms with Gasteiger partial charge in [0.05, 0.1) is 19.3 Å². The molecule has 0 aromatic heterocycles. The third-order valence-electron chi connectivity index (χ3n) is 17.4. The van der Waals surface area contributed by atoms with Crippen molar-refractivity contribution < 1.29 is 57.7 Å². The second-order valence-corrected chi connectivity index (χ2v) is 25.9. The zero-order valence-electron chi connectivity index (χ0n) is 55.9. The lowest BCUT2D eigenvalue weighted by Crippen LogP contribution is -2.64. The first-order valence-electron chi connectivity index (χ1n) is 32.7. The summed E-state index contributed by atoms with van der Waals surface area (Å²) in [7, 11) is 0. The van der Waals surface area contributed by atoms with E-state index in [9.17, 15) is 38.7 Å². The van der Waals surface area contributed by atoms with Crippen LogP contribution in [0.1, 0.15) is 125 Å². The predicted molar refractivity (Wildman–Crippen MR) is 371 cm³/mol. The first kappa shape index (κ1) is 71.1. The largest absolute Gasteiger partial charge is 0.480 e. The summed E-state index contributed by atoms with van der Waals surface area (Å²) < 4.78 is 11.6. The molecule has 1 aliphatic carbocycles. The number of rotatable bonds is 28. The van der Waals surface area contributed by atoms with Gasteiger partial charge < -0.3 is 51.8 Å². The molecule has 8 aromatic rings. The fourth-order valence-corrected chi connectivity index (χ4v) is 12.4. The van der Waals surface area contributed by atoms with Crippen LogP contribution >= 0.6 is 0 Å². The van der Waals surface area contributed by atoms with Gasteiger partial charge in [-0.25, -0.2) is 9.59 Å². The number of amides is 7. The Balaban J connectivity index is 0.963. The number of benzene rings is 8. The van der Waals surface area contributed by atoms with E-state index in [1.807, 2.05) is 231 Å². The van der Waals surface area contributed by atoms with E-state index in [1.165, 1.54) is 13.8 Å². The number of hydrogen-bond acceptors (Lipinski definition) is 11. The van der Waals surface area contributed by atoms with Gasteiger partial charge in [0.25, 0.3) is 0 Å². The molecule has 0 unspecified atom stereocenters. The minimum atomic E-state index is -1.96. The van der Waals surface area contributed by atoms with Crippen molar-refractivity contribution in [2.75, 3.05) is 6.61 Å². The van der Waals surface area contributed by atoms with E-state index in [1.54, 1.807) is 34.6 Å². The fraction of sp³-hybridized carbons (Fsp3) is 0.278. The number of nitrogens with one attached hydrogen (secondary N) is 7. The second-order valence-electron chi connectivity index (χ2n) is 25.9. The normalized spacial score (nSPS) is 13.6. The molecule has 8 N–H and O–H groups in total. The Morgan fingerprint density at radius 1 is 0.429 bits per heavy atom. The zero-order chi connectivity index (χ0) is 70.2. The number of carbonyl (C=O) groups excluding carboxylic acids is 8. The third kappa shape index (κ3) is 16.9. The Hall–Kier alpha value is -11.2. The summed E-state index contributed by atoms with van der Waals surface area (Å²) in [5.74, 6) is -9.08. The van der Waals surface area contributed by atoms with Crippen molar-refractivity contribution in [3.63, 3.8) is 0 Å². The summed E-state index contributed by atoms with van der Waals surface area (Å²) in [5, 5.41) is 29.9. The summed E-state index contributed by atoms with van der Waals surface area (Å²) in [6, 6.07) is 63.7. The van der Waals surface area contributed by atoms with E-state index < -0.39 is 131 Å². The molecule has 0 spiro atoms. The van der Waals surface area contributed by atoms with Crippen LogP contribution in [0.4, 0.5) is 4.79 Å². The molecule has 0 aliphatic heterocycles. The number of carboxylic acid groups (broad SMARTS) is 1. The lowest BCUT2D eigenvalue weighted by atomic mass is 9.77. The molecule has 0 radical (unpaired) electrons. The molecule has 0 heterocycles. The molecule has 0 fully saturated rings. The smallest absolute Gasteiger partial charge is 0.407 e. The maximum Gasteiger partial charge on any atom is 0.407 e. The van der Waals surface area contributed by atoms with Gasteiger partial charge in [0.15, 0.2) is 0 Å². The van der Waals surface area contributed by atoms with Crippen molar-refractivity contribution in [1.29, 1.82) is 0 Å². The summed E-state index contributed by atoms with van der Waals surface area (Å²) in [6.45, 7) is 10.7.